The molecule has 262 valence electrons. The molecule has 0 atom stereocenters. The molecule has 3 aromatic heterocycles. The number of para-hydroxylation sites is 2. The Bertz CT molecular complexity index is 3190. The van der Waals surface area contributed by atoms with E-state index in [0.717, 1.165) is 77.6 Å². The fourth-order valence-electron chi connectivity index (χ4n) is 7.98. The molecule has 0 saturated carbocycles. The highest BCUT2D eigenvalue weighted by Crippen LogP contribution is 2.41. The van der Waals surface area contributed by atoms with Crippen LogP contribution in [0.1, 0.15) is 0 Å². The first kappa shape index (κ1) is 31.9. The minimum atomic E-state index is 0.576. The number of hydrogen-bond acceptors (Lipinski definition) is 4. The van der Waals surface area contributed by atoms with Crippen molar-refractivity contribution in [2.75, 3.05) is 0 Å². The van der Waals surface area contributed by atoms with Gasteiger partial charge in [-0.2, -0.15) is 0 Å². The molecule has 0 spiro atoms. The summed E-state index contributed by atoms with van der Waals surface area (Å²) in [5.41, 5.74) is 12.1. The lowest BCUT2D eigenvalue weighted by Crippen LogP contribution is -2.01. The van der Waals surface area contributed by atoms with E-state index in [0.29, 0.717) is 17.5 Å². The molecule has 0 radical (unpaired) electrons. The molecule has 3 heterocycles. The van der Waals surface area contributed by atoms with Crippen molar-refractivity contribution >= 4 is 43.7 Å². The van der Waals surface area contributed by atoms with Gasteiger partial charge in [-0.25, -0.2) is 15.0 Å². The number of nitrogens with zero attached hydrogens (tertiary/aromatic N) is 4. The van der Waals surface area contributed by atoms with Gasteiger partial charge in [0, 0.05) is 49.5 Å². The Morgan fingerprint density at radius 1 is 0.339 bits per heavy atom. The van der Waals surface area contributed by atoms with E-state index in [-0.39, 0.29) is 0 Å². The van der Waals surface area contributed by atoms with Crippen molar-refractivity contribution in [3.05, 3.63) is 194 Å². The normalized spacial score (nSPS) is 11.6. The Labute approximate surface area is 322 Å². The van der Waals surface area contributed by atoms with Gasteiger partial charge >= 0.3 is 0 Å². The molecule has 0 aliphatic heterocycles. The van der Waals surface area contributed by atoms with Crippen LogP contribution in [0.5, 0.6) is 0 Å². The minimum Gasteiger partial charge on any atom is -0.455 e. The lowest BCUT2D eigenvalue weighted by molar-refractivity contribution is 0.670. The molecule has 0 unspecified atom stereocenters. The van der Waals surface area contributed by atoms with Gasteiger partial charge < -0.3 is 8.98 Å². The van der Waals surface area contributed by atoms with Gasteiger partial charge in [-0.1, -0.05) is 146 Å². The van der Waals surface area contributed by atoms with E-state index in [2.05, 4.69) is 156 Å². The molecular weight excluding hydrogens is 685 g/mol. The lowest BCUT2D eigenvalue weighted by atomic mass is 9.95. The predicted molar refractivity (Wildman–Crippen MR) is 229 cm³/mol. The molecule has 11 aromatic rings. The Morgan fingerprint density at radius 3 is 1.54 bits per heavy atom. The van der Waals surface area contributed by atoms with E-state index >= 15 is 0 Å². The lowest BCUT2D eigenvalue weighted by Gasteiger charge is -2.11. The molecule has 0 aliphatic rings. The summed E-state index contributed by atoms with van der Waals surface area (Å²) in [7, 11) is 0. The quantitative estimate of drug-likeness (QED) is 0.172. The molecule has 0 aliphatic carbocycles. The van der Waals surface area contributed by atoms with Crippen LogP contribution < -0.4 is 0 Å². The van der Waals surface area contributed by atoms with Gasteiger partial charge in [-0.05, 0) is 65.2 Å². The smallest absolute Gasteiger partial charge is 0.164 e. The maximum Gasteiger partial charge on any atom is 0.164 e. The molecule has 0 amide bonds. The minimum absolute atomic E-state index is 0.576. The zero-order valence-electron chi connectivity index (χ0n) is 30.2. The Morgan fingerprint density at radius 2 is 0.875 bits per heavy atom. The van der Waals surface area contributed by atoms with Crippen molar-refractivity contribution in [2.45, 2.75) is 0 Å². The Balaban J connectivity index is 1.08. The summed E-state index contributed by atoms with van der Waals surface area (Å²) in [6, 6.07) is 67.4. The summed E-state index contributed by atoms with van der Waals surface area (Å²) in [6.45, 7) is 0. The maximum absolute atomic E-state index is 6.77. The second-order valence-corrected chi connectivity index (χ2v) is 14.0. The molecule has 0 N–H and O–H groups in total. The van der Waals surface area contributed by atoms with Crippen molar-refractivity contribution in [1.82, 2.24) is 19.5 Å². The molecule has 0 saturated heterocycles. The molecule has 56 heavy (non-hydrogen) atoms. The van der Waals surface area contributed by atoms with Gasteiger partial charge in [0.15, 0.2) is 17.5 Å². The van der Waals surface area contributed by atoms with Crippen molar-refractivity contribution in [3.8, 4) is 62.1 Å². The number of furan rings is 1. The summed E-state index contributed by atoms with van der Waals surface area (Å²) in [4.78, 5) is 15.3. The van der Waals surface area contributed by atoms with Crippen LogP contribution in [0.15, 0.2) is 199 Å². The fraction of sp³-hybridized carbons (Fsp3) is 0. The molecule has 0 bridgehead atoms. The molecule has 5 nitrogen and oxygen atoms in total. The van der Waals surface area contributed by atoms with E-state index < -0.39 is 0 Å². The molecular formula is C51H32N4O. The van der Waals surface area contributed by atoms with Crippen LogP contribution in [0.4, 0.5) is 0 Å². The van der Waals surface area contributed by atoms with Gasteiger partial charge in [0.05, 0.1) is 11.0 Å². The average molecular weight is 717 g/mol. The third kappa shape index (κ3) is 5.37. The number of benzene rings is 8. The first-order valence-electron chi connectivity index (χ1n) is 18.8. The van der Waals surface area contributed by atoms with Gasteiger partial charge in [-0.3, -0.25) is 0 Å². The number of rotatable bonds is 6. The van der Waals surface area contributed by atoms with Crippen molar-refractivity contribution in [3.63, 3.8) is 0 Å². The molecule has 8 aromatic carbocycles. The van der Waals surface area contributed by atoms with Crippen LogP contribution >= 0.6 is 0 Å². The van der Waals surface area contributed by atoms with E-state index in [1.54, 1.807) is 0 Å². The van der Waals surface area contributed by atoms with Crippen LogP contribution in [0.2, 0.25) is 0 Å². The second-order valence-electron chi connectivity index (χ2n) is 14.0. The van der Waals surface area contributed by atoms with Crippen LogP contribution in [0, 0.1) is 0 Å². The third-order valence-corrected chi connectivity index (χ3v) is 10.6. The van der Waals surface area contributed by atoms with Gasteiger partial charge in [0.2, 0.25) is 0 Å². The molecule has 5 heteroatoms. The van der Waals surface area contributed by atoms with Crippen LogP contribution in [-0.4, -0.2) is 19.5 Å². The highest BCUT2D eigenvalue weighted by Gasteiger charge is 2.19. The maximum atomic E-state index is 6.77. The van der Waals surface area contributed by atoms with E-state index in [9.17, 15) is 0 Å². The Hall–Kier alpha value is -7.63. The molecule has 0 fully saturated rings. The summed E-state index contributed by atoms with van der Waals surface area (Å²) in [6.07, 6.45) is 0. The van der Waals surface area contributed by atoms with Crippen molar-refractivity contribution in [2.24, 2.45) is 0 Å². The van der Waals surface area contributed by atoms with E-state index in [1.165, 1.54) is 10.8 Å². The van der Waals surface area contributed by atoms with Crippen molar-refractivity contribution in [1.29, 1.82) is 0 Å². The Kier molecular flexibility index (Phi) is 7.42. The van der Waals surface area contributed by atoms with E-state index in [4.69, 9.17) is 19.4 Å². The van der Waals surface area contributed by atoms with Gasteiger partial charge in [0.25, 0.3) is 0 Å². The summed E-state index contributed by atoms with van der Waals surface area (Å²) in [5, 5.41) is 4.54. The second kappa shape index (κ2) is 13.0. The zero-order valence-corrected chi connectivity index (χ0v) is 30.2. The summed E-state index contributed by atoms with van der Waals surface area (Å²) in [5.74, 6) is 1.78. The highest BCUT2D eigenvalue weighted by atomic mass is 16.3. The monoisotopic (exact) mass is 716 g/mol. The third-order valence-electron chi connectivity index (χ3n) is 10.6. The SMILES string of the molecule is c1ccc(-c2cc(-c3ccccc3)c3oc4cc(-c5nc(-c6ccccc6)nc(-c6cccc(-n7c8ccccc8c8ccccc87)c6)n5)ccc4c3c2)cc1. The summed E-state index contributed by atoms with van der Waals surface area (Å²) >= 11 is 0. The van der Waals surface area contributed by atoms with E-state index in [1.807, 2.05) is 42.5 Å². The van der Waals surface area contributed by atoms with Gasteiger partial charge in [0.1, 0.15) is 11.2 Å². The zero-order chi connectivity index (χ0) is 37.0. The van der Waals surface area contributed by atoms with Gasteiger partial charge in [-0.15, -0.1) is 0 Å². The number of hydrogen-bond donors (Lipinski definition) is 0. The first-order valence-corrected chi connectivity index (χ1v) is 18.8. The predicted octanol–water partition coefficient (Wildman–Crippen LogP) is 13.2. The first-order chi connectivity index (χ1) is 27.7. The van der Waals surface area contributed by atoms with Crippen molar-refractivity contribution < 1.29 is 4.42 Å². The molecule has 11 rings (SSSR count). The standard InChI is InChI=1S/C51H32N4O/c1-4-15-33(16-5-1)38-30-43(34-17-6-2-7-18-34)48-44(31-38)42-28-27-37(32-47(42)56-48)51-53-49(35-19-8-3-9-20-35)52-50(54-51)36-21-14-22-39(29-36)55-45-25-12-10-23-40(45)41-24-11-13-26-46(41)55/h1-32H. The van der Waals surface area contributed by atoms with Crippen LogP contribution in [-0.2, 0) is 0 Å². The van der Waals surface area contributed by atoms with Crippen LogP contribution in [0.3, 0.4) is 0 Å². The number of aromatic nitrogens is 4. The fourth-order valence-corrected chi connectivity index (χ4v) is 7.98. The number of fused-ring (bicyclic) bond motifs is 6. The summed E-state index contributed by atoms with van der Waals surface area (Å²) < 4.78 is 9.09. The highest BCUT2D eigenvalue weighted by molar-refractivity contribution is 6.12. The van der Waals surface area contributed by atoms with Crippen LogP contribution in [0.25, 0.3) is 106 Å². The largest absolute Gasteiger partial charge is 0.455 e. The topological polar surface area (TPSA) is 56.7 Å². The average Bonchev–Trinajstić information content (AvgIpc) is 3.82.